The SMILES string of the molecule is Cc1cc(C(=O)c2cc(Cl)ccc2NS(C)(=O)(O)c2ccc(OC(F)(F)F)cc2)ccn1. The second kappa shape index (κ2) is 8.19. The van der Waals surface area contributed by atoms with E-state index in [4.69, 9.17) is 11.6 Å². The van der Waals surface area contributed by atoms with Gasteiger partial charge >= 0.3 is 6.36 Å². The van der Waals surface area contributed by atoms with Crippen LogP contribution < -0.4 is 9.46 Å². The minimum absolute atomic E-state index is 0.0199. The number of rotatable bonds is 6. The second-order valence-electron chi connectivity index (χ2n) is 7.11. The number of anilines is 1. The Bertz CT molecular complexity index is 1240. The van der Waals surface area contributed by atoms with Gasteiger partial charge in [-0.05, 0) is 61.5 Å². The van der Waals surface area contributed by atoms with Crippen LogP contribution in [0, 0.1) is 6.92 Å². The van der Waals surface area contributed by atoms with Gasteiger partial charge < -0.3 is 4.74 Å². The molecule has 6 nitrogen and oxygen atoms in total. The number of pyridine rings is 1. The van der Waals surface area contributed by atoms with Crippen LogP contribution in [0.1, 0.15) is 21.6 Å². The quantitative estimate of drug-likeness (QED) is 0.450. The topological polar surface area (TPSA) is 88.5 Å². The Kier molecular flexibility index (Phi) is 6.07. The molecule has 0 unspecified atom stereocenters. The maximum absolute atomic E-state index is 13.4. The molecule has 1 aromatic heterocycles. The molecule has 3 rings (SSSR count). The Morgan fingerprint density at radius 1 is 1.12 bits per heavy atom. The lowest BCUT2D eigenvalue weighted by molar-refractivity contribution is -0.274. The number of hydrogen-bond acceptors (Lipinski definition) is 4. The Morgan fingerprint density at radius 3 is 2.38 bits per heavy atom. The lowest BCUT2D eigenvalue weighted by Gasteiger charge is -2.41. The van der Waals surface area contributed by atoms with Gasteiger partial charge in [0.05, 0.1) is 10.6 Å². The minimum Gasteiger partial charge on any atom is -0.406 e. The summed E-state index contributed by atoms with van der Waals surface area (Å²) in [7, 11) is -4.85. The number of aromatic nitrogens is 1. The number of hydrogen-bond donors (Lipinski definition) is 2. The molecule has 0 amide bonds. The van der Waals surface area contributed by atoms with Crippen LogP contribution in [0.2, 0.25) is 5.02 Å². The average molecular weight is 487 g/mol. The largest absolute Gasteiger partial charge is 0.573 e. The van der Waals surface area contributed by atoms with E-state index in [1.807, 2.05) is 0 Å². The third-order valence-electron chi connectivity index (χ3n) is 4.35. The molecule has 0 spiro atoms. The van der Waals surface area contributed by atoms with Gasteiger partial charge in [-0.15, -0.1) is 22.7 Å². The zero-order valence-electron chi connectivity index (χ0n) is 16.8. The van der Waals surface area contributed by atoms with Crippen LogP contribution in [0.5, 0.6) is 5.75 Å². The van der Waals surface area contributed by atoms with Gasteiger partial charge in [-0.2, -0.15) is 4.21 Å². The molecule has 0 atom stereocenters. The van der Waals surface area contributed by atoms with Crippen molar-refractivity contribution in [2.45, 2.75) is 18.2 Å². The van der Waals surface area contributed by atoms with Gasteiger partial charge in [0.1, 0.15) is 5.75 Å². The predicted octanol–water partition coefficient (Wildman–Crippen LogP) is 5.48. The molecule has 0 aliphatic heterocycles. The molecule has 0 aliphatic rings. The van der Waals surface area contributed by atoms with Crippen molar-refractivity contribution >= 4 is 32.6 Å². The summed E-state index contributed by atoms with van der Waals surface area (Å²) in [4.78, 5) is 16.9. The van der Waals surface area contributed by atoms with Crippen molar-refractivity contribution in [3.63, 3.8) is 0 Å². The zero-order chi connectivity index (χ0) is 23.8. The zero-order valence-corrected chi connectivity index (χ0v) is 18.4. The van der Waals surface area contributed by atoms with E-state index in [0.717, 1.165) is 30.5 Å². The molecular weight excluding hydrogens is 469 g/mol. The Morgan fingerprint density at radius 2 is 1.78 bits per heavy atom. The predicted molar refractivity (Wildman–Crippen MR) is 116 cm³/mol. The first kappa shape index (κ1) is 23.7. The number of nitrogens with one attached hydrogen (secondary N) is 1. The molecule has 0 bridgehead atoms. The van der Waals surface area contributed by atoms with Gasteiger partial charge in [0.2, 0.25) is 0 Å². The van der Waals surface area contributed by atoms with Crippen molar-refractivity contribution in [2.75, 3.05) is 11.0 Å². The van der Waals surface area contributed by atoms with E-state index in [1.165, 1.54) is 30.5 Å². The number of alkyl halides is 3. The number of ether oxygens (including phenoxy) is 1. The fourth-order valence-electron chi connectivity index (χ4n) is 2.92. The van der Waals surface area contributed by atoms with E-state index in [9.17, 15) is 26.7 Å². The minimum atomic E-state index is -4.89. The summed E-state index contributed by atoms with van der Waals surface area (Å²) in [5.74, 6) is -1.00. The lowest BCUT2D eigenvalue weighted by Crippen LogP contribution is -2.39. The van der Waals surface area contributed by atoms with Crippen molar-refractivity contribution in [3.8, 4) is 5.75 Å². The normalized spacial score (nSPS) is 13.2. The molecule has 32 heavy (non-hydrogen) atoms. The van der Waals surface area contributed by atoms with Gasteiger partial charge in [0.15, 0.2) is 5.78 Å². The number of benzene rings is 2. The monoisotopic (exact) mass is 486 g/mol. The highest BCUT2D eigenvalue weighted by molar-refractivity contribution is 8.15. The Labute approximate surface area is 186 Å². The molecule has 0 radical (unpaired) electrons. The first-order chi connectivity index (χ1) is 14.7. The molecule has 0 saturated carbocycles. The summed E-state index contributed by atoms with van der Waals surface area (Å²) in [6.07, 6.45) is -2.45. The lowest BCUT2D eigenvalue weighted by atomic mass is 10.0. The summed E-state index contributed by atoms with van der Waals surface area (Å²) in [5.41, 5.74) is 0.962. The number of nitrogens with zero attached hydrogens (tertiary/aromatic N) is 1. The summed E-state index contributed by atoms with van der Waals surface area (Å²) in [6, 6.07) is 11.1. The Balaban J connectivity index is 1.98. The summed E-state index contributed by atoms with van der Waals surface area (Å²) >= 11 is 6.04. The number of carbonyl (C=O) groups is 1. The van der Waals surface area contributed by atoms with Crippen molar-refractivity contribution in [1.29, 1.82) is 0 Å². The van der Waals surface area contributed by atoms with E-state index < -0.39 is 27.4 Å². The molecule has 170 valence electrons. The van der Waals surface area contributed by atoms with Crippen LogP contribution in [0.15, 0.2) is 65.7 Å². The standard InChI is InChI=1S/C21H18ClF3N2O4S/c1-13-11-14(9-10-26-13)20(28)18-12-15(22)3-8-19(18)27-32(2,29,30)17-6-4-16(5-7-17)31-21(23,24)25/h3-12H,1-2H3,(H2,27,29,30). The molecular formula is C21H18ClF3N2O4S. The average Bonchev–Trinajstić information content (AvgIpc) is 2.67. The van der Waals surface area contributed by atoms with Gasteiger partial charge in [-0.3, -0.25) is 19.1 Å². The fourth-order valence-corrected chi connectivity index (χ4v) is 4.68. The van der Waals surface area contributed by atoms with Gasteiger partial charge in [-0.25, -0.2) is 0 Å². The first-order valence-corrected chi connectivity index (χ1v) is 11.7. The van der Waals surface area contributed by atoms with E-state index in [-0.39, 0.29) is 21.2 Å². The van der Waals surface area contributed by atoms with Crippen LogP contribution in [-0.2, 0) is 9.53 Å². The smallest absolute Gasteiger partial charge is 0.406 e. The molecule has 0 saturated heterocycles. The summed E-state index contributed by atoms with van der Waals surface area (Å²) in [5, 5.41) is 0.232. The third kappa shape index (κ3) is 5.64. The summed E-state index contributed by atoms with van der Waals surface area (Å²) in [6.45, 7) is 1.71. The van der Waals surface area contributed by atoms with E-state index in [1.54, 1.807) is 13.0 Å². The van der Waals surface area contributed by atoms with Gasteiger partial charge in [0.25, 0.3) is 0 Å². The third-order valence-corrected chi connectivity index (χ3v) is 6.67. The van der Waals surface area contributed by atoms with Crippen LogP contribution in [0.25, 0.3) is 0 Å². The van der Waals surface area contributed by atoms with E-state index in [2.05, 4.69) is 14.4 Å². The highest BCUT2D eigenvalue weighted by Gasteiger charge is 2.32. The Hall–Kier alpha value is -2.95. The molecule has 3 aromatic rings. The first-order valence-electron chi connectivity index (χ1n) is 9.02. The second-order valence-corrected chi connectivity index (χ2v) is 10.8. The maximum atomic E-state index is 13.4. The fraction of sp³-hybridized carbons (Fsp3) is 0.143. The van der Waals surface area contributed by atoms with Crippen LogP contribution >= 0.6 is 11.6 Å². The molecule has 1 heterocycles. The highest BCUT2D eigenvalue weighted by atomic mass is 35.5. The molecule has 2 N–H and O–H groups in total. The van der Waals surface area contributed by atoms with Crippen molar-refractivity contribution in [2.24, 2.45) is 0 Å². The number of aryl methyl sites for hydroxylation is 1. The molecule has 0 fully saturated rings. The van der Waals surface area contributed by atoms with Gasteiger partial charge in [0, 0.05) is 34.3 Å². The number of halogens is 4. The van der Waals surface area contributed by atoms with Crippen molar-refractivity contribution < 1.29 is 31.5 Å². The van der Waals surface area contributed by atoms with Gasteiger partial charge in [-0.1, -0.05) is 11.6 Å². The molecule has 11 heteroatoms. The maximum Gasteiger partial charge on any atom is 0.573 e. The number of carbonyl (C=O) groups excluding carboxylic acids is 1. The van der Waals surface area contributed by atoms with Crippen LogP contribution in [0.3, 0.4) is 0 Å². The van der Waals surface area contributed by atoms with Crippen LogP contribution in [-0.4, -0.2) is 32.1 Å². The van der Waals surface area contributed by atoms with Crippen molar-refractivity contribution in [1.82, 2.24) is 4.98 Å². The van der Waals surface area contributed by atoms with E-state index >= 15 is 0 Å². The molecule has 0 aliphatic carbocycles. The number of ketones is 1. The van der Waals surface area contributed by atoms with Crippen LogP contribution in [0.4, 0.5) is 18.9 Å². The summed E-state index contributed by atoms with van der Waals surface area (Å²) < 4.78 is 67.8. The molecule has 2 aromatic carbocycles. The highest BCUT2D eigenvalue weighted by Crippen LogP contribution is 2.35. The van der Waals surface area contributed by atoms with Crippen molar-refractivity contribution in [3.05, 3.63) is 82.6 Å². The van der Waals surface area contributed by atoms with E-state index in [0.29, 0.717) is 11.3 Å².